The van der Waals surface area contributed by atoms with Crippen molar-refractivity contribution in [3.05, 3.63) is 64.1 Å². The molecule has 108 valence electrons. The lowest BCUT2D eigenvalue weighted by Crippen LogP contribution is -2.42. The van der Waals surface area contributed by atoms with E-state index in [1.807, 2.05) is 10.6 Å². The second kappa shape index (κ2) is 4.46. The van der Waals surface area contributed by atoms with Crippen LogP contribution in [0.2, 0.25) is 0 Å². The molecular weight excluding hydrogens is 264 g/mol. The Kier molecular flexibility index (Phi) is 2.69. The lowest BCUT2D eigenvalue weighted by molar-refractivity contribution is 0.135. The Bertz CT molecular complexity index is 732. The maximum atomic E-state index is 11.7. The summed E-state index contributed by atoms with van der Waals surface area (Å²) in [6.45, 7) is 2.53. The molecule has 2 aromatic rings. The molecule has 1 aromatic heterocycles. The smallest absolute Gasteiger partial charge is 0.223 e. The summed E-state index contributed by atoms with van der Waals surface area (Å²) in [4.78, 5) is 14.1. The zero-order valence-corrected chi connectivity index (χ0v) is 11.8. The molecule has 1 aliphatic heterocycles. The highest BCUT2D eigenvalue weighted by Gasteiger charge is 2.49. The topological polar surface area (TPSA) is 45.5 Å². The first-order valence-corrected chi connectivity index (χ1v) is 7.42. The van der Waals surface area contributed by atoms with Gasteiger partial charge in [0.1, 0.15) is 0 Å². The number of rotatable bonds is 2. The van der Waals surface area contributed by atoms with Crippen LogP contribution in [-0.2, 0) is 18.6 Å². The van der Waals surface area contributed by atoms with Gasteiger partial charge >= 0.3 is 0 Å². The molecule has 4 rings (SSSR count). The van der Waals surface area contributed by atoms with Gasteiger partial charge in [-0.25, -0.2) is 0 Å². The van der Waals surface area contributed by atoms with Crippen LogP contribution in [0.1, 0.15) is 24.1 Å². The average molecular weight is 282 g/mol. The van der Waals surface area contributed by atoms with Crippen molar-refractivity contribution in [1.82, 2.24) is 9.47 Å². The van der Waals surface area contributed by atoms with E-state index in [0.717, 1.165) is 25.3 Å². The lowest BCUT2D eigenvalue weighted by Gasteiger charge is -2.37. The van der Waals surface area contributed by atoms with Gasteiger partial charge in [-0.3, -0.25) is 9.69 Å². The fourth-order valence-corrected chi connectivity index (χ4v) is 3.47. The summed E-state index contributed by atoms with van der Waals surface area (Å²) < 4.78 is 1.99. The Labute approximate surface area is 123 Å². The van der Waals surface area contributed by atoms with E-state index in [1.165, 1.54) is 18.4 Å². The molecular formula is C17H18N2O2. The largest absolute Gasteiger partial charge is 0.503 e. The fourth-order valence-electron chi connectivity index (χ4n) is 3.47. The summed E-state index contributed by atoms with van der Waals surface area (Å²) in [5.74, 6) is -0.156. The van der Waals surface area contributed by atoms with Crippen molar-refractivity contribution in [2.24, 2.45) is 0 Å². The molecule has 1 aromatic carbocycles. The zero-order chi connectivity index (χ0) is 14.4. The molecule has 0 unspecified atom stereocenters. The molecule has 4 heteroatoms. The van der Waals surface area contributed by atoms with Crippen molar-refractivity contribution in [2.75, 3.05) is 6.54 Å². The molecule has 4 nitrogen and oxygen atoms in total. The van der Waals surface area contributed by atoms with E-state index in [-0.39, 0.29) is 16.7 Å². The van der Waals surface area contributed by atoms with Crippen molar-refractivity contribution in [3.63, 3.8) is 0 Å². The maximum Gasteiger partial charge on any atom is 0.223 e. The number of hydrogen-bond acceptors (Lipinski definition) is 3. The molecule has 0 amide bonds. The van der Waals surface area contributed by atoms with Gasteiger partial charge in [-0.1, -0.05) is 30.3 Å². The molecule has 0 spiro atoms. The van der Waals surface area contributed by atoms with Crippen LogP contribution < -0.4 is 5.43 Å². The lowest BCUT2D eigenvalue weighted by atomic mass is 10.0. The molecule has 0 radical (unpaired) electrons. The van der Waals surface area contributed by atoms with E-state index in [2.05, 4.69) is 29.2 Å². The van der Waals surface area contributed by atoms with E-state index in [0.29, 0.717) is 0 Å². The molecule has 2 heterocycles. The molecule has 1 fully saturated rings. The summed E-state index contributed by atoms with van der Waals surface area (Å²) in [5, 5.41) is 9.54. The Morgan fingerprint density at radius 2 is 1.86 bits per heavy atom. The second-order valence-electron chi connectivity index (χ2n) is 6.03. The van der Waals surface area contributed by atoms with Crippen LogP contribution in [0.25, 0.3) is 0 Å². The average Bonchev–Trinajstić information content (AvgIpc) is 3.31. The number of pyridine rings is 1. The predicted molar refractivity (Wildman–Crippen MR) is 80.1 cm³/mol. The third-order valence-electron chi connectivity index (χ3n) is 4.80. The van der Waals surface area contributed by atoms with E-state index in [9.17, 15) is 9.90 Å². The molecule has 0 saturated heterocycles. The first-order chi connectivity index (χ1) is 10.2. The summed E-state index contributed by atoms with van der Waals surface area (Å²) >= 11 is 0. The Morgan fingerprint density at radius 1 is 1.10 bits per heavy atom. The fraction of sp³-hybridized carbons (Fsp3) is 0.353. The highest BCUT2D eigenvalue weighted by molar-refractivity contribution is 5.31. The van der Waals surface area contributed by atoms with Gasteiger partial charge in [-0.2, -0.15) is 0 Å². The normalized spacial score (nSPS) is 20.0. The van der Waals surface area contributed by atoms with Crippen LogP contribution in [0, 0.1) is 0 Å². The third-order valence-corrected chi connectivity index (χ3v) is 4.80. The Hall–Kier alpha value is -2.07. The van der Waals surface area contributed by atoms with E-state index in [1.54, 1.807) is 12.3 Å². The van der Waals surface area contributed by atoms with E-state index in [4.69, 9.17) is 0 Å². The highest BCUT2D eigenvalue weighted by atomic mass is 16.3. The van der Waals surface area contributed by atoms with Crippen molar-refractivity contribution in [3.8, 4) is 5.75 Å². The number of aromatic hydroxyl groups is 1. The van der Waals surface area contributed by atoms with E-state index < -0.39 is 0 Å². The molecule has 1 N–H and O–H groups in total. The number of hydrogen-bond donors (Lipinski definition) is 1. The Morgan fingerprint density at radius 3 is 2.57 bits per heavy atom. The second-order valence-corrected chi connectivity index (χ2v) is 6.03. The summed E-state index contributed by atoms with van der Waals surface area (Å²) in [6.07, 6.45) is 3.93. The molecule has 0 atom stereocenters. The van der Waals surface area contributed by atoms with Crippen molar-refractivity contribution < 1.29 is 5.11 Å². The summed E-state index contributed by atoms with van der Waals surface area (Å²) in [7, 11) is 0. The van der Waals surface area contributed by atoms with Gasteiger partial charge in [0.15, 0.2) is 5.75 Å². The van der Waals surface area contributed by atoms with Crippen LogP contribution in [0.4, 0.5) is 0 Å². The number of nitrogens with zero attached hydrogens (tertiary/aromatic N) is 2. The number of aromatic nitrogens is 1. The van der Waals surface area contributed by atoms with Crippen LogP contribution in [0.3, 0.4) is 0 Å². The van der Waals surface area contributed by atoms with Gasteiger partial charge in [-0.05, 0) is 18.4 Å². The summed E-state index contributed by atoms with van der Waals surface area (Å²) in [6, 6.07) is 12.2. The first-order valence-electron chi connectivity index (χ1n) is 7.42. The molecule has 1 aliphatic carbocycles. The standard InChI is InChI=1S/C17H18N2O2/c20-15-10-14-11-19(9-8-18(14)12-16(15)21)17(6-7-17)13-4-2-1-3-5-13/h1-5,10,12,21H,6-9,11H2. The van der Waals surface area contributed by atoms with Crippen LogP contribution in [-0.4, -0.2) is 21.1 Å². The first kappa shape index (κ1) is 12.7. The molecule has 2 aliphatic rings. The van der Waals surface area contributed by atoms with Crippen molar-refractivity contribution >= 4 is 0 Å². The van der Waals surface area contributed by atoms with Crippen molar-refractivity contribution in [1.29, 1.82) is 0 Å². The van der Waals surface area contributed by atoms with Crippen LogP contribution in [0.5, 0.6) is 5.75 Å². The van der Waals surface area contributed by atoms with Gasteiger partial charge < -0.3 is 9.67 Å². The van der Waals surface area contributed by atoms with Crippen molar-refractivity contribution in [2.45, 2.75) is 31.5 Å². The van der Waals surface area contributed by atoms with E-state index >= 15 is 0 Å². The summed E-state index contributed by atoms with van der Waals surface area (Å²) in [5.41, 5.74) is 2.24. The highest BCUT2D eigenvalue weighted by Crippen LogP contribution is 2.51. The van der Waals surface area contributed by atoms with Gasteiger partial charge in [0.2, 0.25) is 5.43 Å². The minimum absolute atomic E-state index is 0.153. The minimum atomic E-state index is -0.285. The van der Waals surface area contributed by atoms with Crippen LogP contribution in [0.15, 0.2) is 47.4 Å². The van der Waals surface area contributed by atoms with Crippen LogP contribution >= 0.6 is 0 Å². The SMILES string of the molecule is O=c1cc2n(cc1O)CCN(C1(c3ccccc3)CC1)C2. The molecule has 0 bridgehead atoms. The van der Waals surface area contributed by atoms with Gasteiger partial charge in [0, 0.05) is 36.9 Å². The number of benzene rings is 1. The number of fused-ring (bicyclic) bond motifs is 1. The van der Waals surface area contributed by atoms with Gasteiger partial charge in [-0.15, -0.1) is 0 Å². The van der Waals surface area contributed by atoms with Gasteiger partial charge in [0.25, 0.3) is 0 Å². The predicted octanol–water partition coefficient (Wildman–Crippen LogP) is 2.06. The maximum absolute atomic E-state index is 11.7. The molecule has 1 saturated carbocycles. The molecule has 21 heavy (non-hydrogen) atoms. The monoisotopic (exact) mass is 282 g/mol. The quantitative estimate of drug-likeness (QED) is 0.917. The van der Waals surface area contributed by atoms with Gasteiger partial charge in [0.05, 0.1) is 6.20 Å². The Balaban J connectivity index is 1.67. The third kappa shape index (κ3) is 1.98. The minimum Gasteiger partial charge on any atom is -0.503 e. The zero-order valence-electron chi connectivity index (χ0n) is 11.8.